The van der Waals surface area contributed by atoms with Crippen LogP contribution >= 0.6 is 24.0 Å². The molecule has 0 aliphatic carbocycles. The van der Waals surface area contributed by atoms with Crippen LogP contribution in [0.15, 0.2) is 18.2 Å². The molecule has 3 nitrogen and oxygen atoms in total. The van der Waals surface area contributed by atoms with E-state index in [0.29, 0.717) is 17.3 Å². The van der Waals surface area contributed by atoms with Crippen molar-refractivity contribution in [2.75, 3.05) is 13.2 Å². The Labute approximate surface area is 126 Å². The minimum Gasteiger partial charge on any atom is -0.489 e. The number of hydrogen-bond donors (Lipinski definition) is 2. The van der Waals surface area contributed by atoms with Crippen LogP contribution in [0.4, 0.5) is 0 Å². The second-order valence-corrected chi connectivity index (χ2v) is 5.94. The van der Waals surface area contributed by atoms with Gasteiger partial charge in [0.15, 0.2) is 0 Å². The summed E-state index contributed by atoms with van der Waals surface area (Å²) in [6.07, 6.45) is -0.555. The summed E-state index contributed by atoms with van der Waals surface area (Å²) in [5.74, 6) is 0.617. The van der Waals surface area contributed by atoms with Crippen LogP contribution < -0.4 is 10.1 Å². The summed E-state index contributed by atoms with van der Waals surface area (Å²) in [6.45, 7) is 8.86. The van der Waals surface area contributed by atoms with Crippen molar-refractivity contribution in [1.29, 1.82) is 0 Å². The van der Waals surface area contributed by atoms with E-state index in [-0.39, 0.29) is 24.6 Å². The van der Waals surface area contributed by atoms with Crippen molar-refractivity contribution in [2.24, 2.45) is 0 Å². The van der Waals surface area contributed by atoms with Gasteiger partial charge >= 0.3 is 0 Å². The smallest absolute Gasteiger partial charge is 0.138 e. The van der Waals surface area contributed by atoms with Crippen LogP contribution in [-0.2, 0) is 0 Å². The molecule has 0 saturated carbocycles. The van der Waals surface area contributed by atoms with Crippen molar-refractivity contribution in [3.05, 3.63) is 28.8 Å². The van der Waals surface area contributed by atoms with Gasteiger partial charge in [0.1, 0.15) is 18.5 Å². The van der Waals surface area contributed by atoms with Crippen molar-refractivity contribution in [3.63, 3.8) is 0 Å². The lowest BCUT2D eigenvalue weighted by atomic mass is 10.1. The zero-order chi connectivity index (χ0) is 13.8. The molecule has 5 heteroatoms. The van der Waals surface area contributed by atoms with Crippen LogP contribution in [0.1, 0.15) is 26.3 Å². The normalized spacial score (nSPS) is 12.7. The van der Waals surface area contributed by atoms with Gasteiger partial charge in [-0.3, -0.25) is 0 Å². The van der Waals surface area contributed by atoms with Crippen LogP contribution in [0.2, 0.25) is 5.02 Å². The highest BCUT2D eigenvalue weighted by Crippen LogP contribution is 2.25. The van der Waals surface area contributed by atoms with Crippen molar-refractivity contribution in [2.45, 2.75) is 39.3 Å². The molecule has 0 heterocycles. The Balaban J connectivity index is 0.00000324. The molecule has 0 saturated heterocycles. The van der Waals surface area contributed by atoms with E-state index in [0.717, 1.165) is 5.56 Å². The van der Waals surface area contributed by atoms with E-state index in [1.54, 1.807) is 6.07 Å². The fraction of sp³-hybridized carbons (Fsp3) is 0.571. The summed E-state index contributed by atoms with van der Waals surface area (Å²) in [4.78, 5) is 0. The molecule has 19 heavy (non-hydrogen) atoms. The topological polar surface area (TPSA) is 41.5 Å². The summed E-state index contributed by atoms with van der Waals surface area (Å²) in [5.41, 5.74) is 1.07. The number of aryl methyl sites for hydroxylation is 1. The minimum absolute atomic E-state index is 0. The fourth-order valence-electron chi connectivity index (χ4n) is 1.39. The van der Waals surface area contributed by atoms with Crippen LogP contribution in [-0.4, -0.2) is 29.9 Å². The fourth-order valence-corrected chi connectivity index (χ4v) is 1.56. The number of halogens is 2. The van der Waals surface area contributed by atoms with E-state index < -0.39 is 6.10 Å². The van der Waals surface area contributed by atoms with Gasteiger partial charge in [-0.1, -0.05) is 17.7 Å². The molecule has 0 spiro atoms. The summed E-state index contributed by atoms with van der Waals surface area (Å²) >= 11 is 6.01. The SMILES string of the molecule is Cc1ccc(Cl)c(OC[C@@H](O)CNC(C)(C)C)c1.Cl. The van der Waals surface area contributed by atoms with Crippen LogP contribution in [0.25, 0.3) is 0 Å². The quantitative estimate of drug-likeness (QED) is 0.878. The third-order valence-electron chi connectivity index (χ3n) is 2.39. The number of aliphatic hydroxyl groups excluding tert-OH is 1. The average molecular weight is 308 g/mol. The highest BCUT2D eigenvalue weighted by molar-refractivity contribution is 6.32. The Bertz CT molecular complexity index is 392. The highest BCUT2D eigenvalue weighted by Gasteiger charge is 2.13. The maximum absolute atomic E-state index is 9.80. The first-order valence-corrected chi connectivity index (χ1v) is 6.48. The molecule has 0 aliphatic rings. The molecule has 1 aromatic rings. The summed E-state index contributed by atoms with van der Waals surface area (Å²) in [6, 6.07) is 5.59. The molecule has 0 aromatic heterocycles. The second-order valence-electron chi connectivity index (χ2n) is 5.53. The first-order chi connectivity index (χ1) is 8.28. The zero-order valence-corrected chi connectivity index (χ0v) is 13.4. The van der Waals surface area contributed by atoms with Gasteiger partial charge in [-0.2, -0.15) is 0 Å². The lowest BCUT2D eigenvalue weighted by Crippen LogP contribution is -2.42. The van der Waals surface area contributed by atoms with Gasteiger partial charge in [-0.05, 0) is 45.4 Å². The van der Waals surface area contributed by atoms with Gasteiger partial charge in [-0.25, -0.2) is 0 Å². The van der Waals surface area contributed by atoms with Gasteiger partial charge in [0.2, 0.25) is 0 Å². The largest absolute Gasteiger partial charge is 0.489 e. The molecule has 0 radical (unpaired) electrons. The predicted octanol–water partition coefficient (Wildman–Crippen LogP) is 3.20. The third kappa shape index (κ3) is 7.63. The molecule has 2 N–H and O–H groups in total. The van der Waals surface area contributed by atoms with Gasteiger partial charge in [-0.15, -0.1) is 12.4 Å². The second kappa shape index (κ2) is 7.95. The maximum atomic E-state index is 9.80. The molecule has 0 unspecified atom stereocenters. The number of nitrogens with one attached hydrogen (secondary N) is 1. The average Bonchev–Trinajstić information content (AvgIpc) is 2.26. The molecule has 1 rings (SSSR count). The first-order valence-electron chi connectivity index (χ1n) is 6.10. The van der Waals surface area contributed by atoms with Crippen molar-refractivity contribution < 1.29 is 9.84 Å². The lowest BCUT2D eigenvalue weighted by Gasteiger charge is -2.23. The van der Waals surface area contributed by atoms with E-state index in [1.807, 2.05) is 19.1 Å². The number of rotatable bonds is 5. The number of ether oxygens (including phenoxy) is 1. The Morgan fingerprint density at radius 3 is 2.58 bits per heavy atom. The summed E-state index contributed by atoms with van der Waals surface area (Å²) in [5, 5.41) is 13.6. The van der Waals surface area contributed by atoms with Crippen molar-refractivity contribution in [1.82, 2.24) is 5.32 Å². The van der Waals surface area contributed by atoms with E-state index in [4.69, 9.17) is 16.3 Å². The summed E-state index contributed by atoms with van der Waals surface area (Å²) in [7, 11) is 0. The molecule has 0 aliphatic heterocycles. The standard InChI is InChI=1S/C14H22ClNO2.ClH/c1-10-5-6-12(15)13(7-10)18-9-11(17)8-16-14(2,3)4;/h5-7,11,16-17H,8-9H2,1-4H3;1H/t11-;/m0./s1. The van der Waals surface area contributed by atoms with Crippen LogP contribution in [0.5, 0.6) is 5.75 Å². The molecular weight excluding hydrogens is 285 g/mol. The number of aliphatic hydroxyl groups is 1. The Morgan fingerprint density at radius 2 is 2.00 bits per heavy atom. The number of hydrogen-bond acceptors (Lipinski definition) is 3. The van der Waals surface area contributed by atoms with Crippen molar-refractivity contribution >= 4 is 24.0 Å². The molecular formula is C14H23Cl2NO2. The van der Waals surface area contributed by atoms with E-state index >= 15 is 0 Å². The van der Waals surface area contributed by atoms with Gasteiger partial charge in [0, 0.05) is 12.1 Å². The molecule has 0 fully saturated rings. The van der Waals surface area contributed by atoms with E-state index in [2.05, 4.69) is 26.1 Å². The van der Waals surface area contributed by atoms with Crippen molar-refractivity contribution in [3.8, 4) is 5.75 Å². The molecule has 0 bridgehead atoms. The first kappa shape index (κ1) is 18.5. The van der Waals surface area contributed by atoms with E-state index in [9.17, 15) is 5.11 Å². The predicted molar refractivity (Wildman–Crippen MR) is 82.7 cm³/mol. The summed E-state index contributed by atoms with van der Waals surface area (Å²) < 4.78 is 5.52. The molecule has 110 valence electrons. The van der Waals surface area contributed by atoms with Gasteiger partial charge in [0.05, 0.1) is 5.02 Å². The molecule has 1 atom stereocenters. The Morgan fingerprint density at radius 1 is 1.37 bits per heavy atom. The van der Waals surface area contributed by atoms with Gasteiger partial charge in [0.25, 0.3) is 0 Å². The van der Waals surface area contributed by atoms with Crippen LogP contribution in [0, 0.1) is 6.92 Å². The maximum Gasteiger partial charge on any atom is 0.138 e. The third-order valence-corrected chi connectivity index (χ3v) is 2.70. The number of β-amino-alcohol motifs (C(OH)–C–C–N with tert-alkyl or cyclic N) is 1. The molecule has 1 aromatic carbocycles. The Kier molecular flexibility index (Phi) is 7.75. The zero-order valence-electron chi connectivity index (χ0n) is 11.9. The van der Waals surface area contributed by atoms with Crippen LogP contribution in [0.3, 0.4) is 0 Å². The monoisotopic (exact) mass is 307 g/mol. The van der Waals surface area contributed by atoms with E-state index in [1.165, 1.54) is 0 Å². The lowest BCUT2D eigenvalue weighted by molar-refractivity contribution is 0.100. The number of benzene rings is 1. The Hall–Kier alpha value is -0.480. The minimum atomic E-state index is -0.555. The molecule has 0 amide bonds. The highest BCUT2D eigenvalue weighted by atomic mass is 35.5. The van der Waals surface area contributed by atoms with Gasteiger partial charge < -0.3 is 15.2 Å².